The van der Waals surface area contributed by atoms with Gasteiger partial charge in [-0.1, -0.05) is 23.7 Å². The lowest BCUT2D eigenvalue weighted by molar-refractivity contribution is -0.141. The van der Waals surface area contributed by atoms with Crippen molar-refractivity contribution in [3.05, 3.63) is 34.9 Å². The molecule has 0 radical (unpaired) electrons. The number of aliphatic hydroxyl groups excluding tert-OH is 1. The molecule has 1 aromatic carbocycles. The predicted molar refractivity (Wildman–Crippen MR) is 77.2 cm³/mol. The maximum atomic E-state index is 12.2. The molecule has 0 spiro atoms. The quantitative estimate of drug-likeness (QED) is 0.791. The van der Waals surface area contributed by atoms with Crippen LogP contribution in [0.1, 0.15) is 24.9 Å². The van der Waals surface area contributed by atoms with E-state index in [1.54, 1.807) is 25.1 Å². The highest BCUT2D eigenvalue weighted by Crippen LogP contribution is 2.21. The van der Waals surface area contributed by atoms with Gasteiger partial charge in [-0.3, -0.25) is 0 Å². The number of carbonyl (C=O) groups excluding carboxylic acids is 1. The van der Waals surface area contributed by atoms with E-state index >= 15 is 0 Å². The average molecular weight is 313 g/mol. The number of aliphatic carboxylic acids is 1. The average Bonchev–Trinajstić information content (AvgIpc) is 2.81. The molecule has 0 saturated carbocycles. The molecule has 7 heteroatoms. The number of β-amino-alcohol motifs (C(OH)–C–C–N with tert-alkyl or cyclic N) is 1. The summed E-state index contributed by atoms with van der Waals surface area (Å²) in [6, 6.07) is 5.25. The molecule has 1 aliphatic heterocycles. The van der Waals surface area contributed by atoms with Crippen molar-refractivity contribution < 1.29 is 19.8 Å². The third kappa shape index (κ3) is 3.65. The number of nitrogens with zero attached hydrogens (tertiary/aromatic N) is 1. The largest absolute Gasteiger partial charge is 0.480 e. The van der Waals surface area contributed by atoms with Crippen LogP contribution < -0.4 is 5.32 Å². The zero-order valence-corrected chi connectivity index (χ0v) is 12.2. The van der Waals surface area contributed by atoms with E-state index in [2.05, 4.69) is 5.32 Å². The maximum Gasteiger partial charge on any atom is 0.326 e. The number of benzene rings is 1. The molecule has 0 aliphatic carbocycles. The van der Waals surface area contributed by atoms with Crippen LogP contribution in [0.25, 0.3) is 0 Å². The molecule has 0 bridgehead atoms. The van der Waals surface area contributed by atoms with Crippen molar-refractivity contribution in [3.8, 4) is 0 Å². The predicted octanol–water partition coefficient (Wildman–Crippen LogP) is 1.63. The molecule has 0 aromatic heterocycles. The molecule has 3 N–H and O–H groups in total. The number of nitrogens with one attached hydrogen (secondary N) is 1. The second-order valence-electron chi connectivity index (χ2n) is 5.12. The third-order valence-electron chi connectivity index (χ3n) is 3.51. The first-order chi connectivity index (χ1) is 9.88. The minimum atomic E-state index is -1.11. The standard InChI is InChI=1S/C14H17ClN2O4/c1-8(9-3-2-4-10(15)5-9)16-14(21)17-7-11(18)6-12(17)13(19)20/h2-5,8,11-12,18H,6-7H2,1H3,(H,16,21)(H,19,20)/t8?,11-,12-/m0/s1. The summed E-state index contributed by atoms with van der Waals surface area (Å²) in [5.74, 6) is -1.11. The van der Waals surface area contributed by atoms with Crippen molar-refractivity contribution in [3.63, 3.8) is 0 Å². The van der Waals surface area contributed by atoms with E-state index in [9.17, 15) is 14.7 Å². The molecular formula is C14H17ClN2O4. The van der Waals surface area contributed by atoms with Crippen LogP contribution in [0.2, 0.25) is 5.02 Å². The van der Waals surface area contributed by atoms with Gasteiger partial charge in [0.15, 0.2) is 0 Å². The number of urea groups is 1. The van der Waals surface area contributed by atoms with Crippen LogP contribution in [0.3, 0.4) is 0 Å². The van der Waals surface area contributed by atoms with E-state index in [0.717, 1.165) is 10.5 Å². The molecule has 3 atom stereocenters. The van der Waals surface area contributed by atoms with Gasteiger partial charge in [-0.15, -0.1) is 0 Å². The van der Waals surface area contributed by atoms with Crippen LogP contribution in [0, 0.1) is 0 Å². The summed E-state index contributed by atoms with van der Waals surface area (Å²) in [6.07, 6.45) is -0.757. The third-order valence-corrected chi connectivity index (χ3v) is 3.75. The van der Waals surface area contributed by atoms with Crippen molar-refractivity contribution in [1.29, 1.82) is 0 Å². The van der Waals surface area contributed by atoms with E-state index in [1.165, 1.54) is 0 Å². The van der Waals surface area contributed by atoms with Crippen LogP contribution >= 0.6 is 11.6 Å². The Morgan fingerprint density at radius 1 is 1.48 bits per heavy atom. The highest BCUT2D eigenvalue weighted by Gasteiger charge is 2.39. The normalized spacial score (nSPS) is 22.9. The molecule has 1 fully saturated rings. The van der Waals surface area contributed by atoms with E-state index in [0.29, 0.717) is 5.02 Å². The van der Waals surface area contributed by atoms with Crippen molar-refractivity contribution in [2.45, 2.75) is 31.5 Å². The molecule has 1 saturated heterocycles. The lowest BCUT2D eigenvalue weighted by Gasteiger charge is -2.24. The fraction of sp³-hybridized carbons (Fsp3) is 0.429. The summed E-state index contributed by atoms with van der Waals surface area (Å²) in [5, 5.41) is 21.9. The number of carbonyl (C=O) groups is 2. The van der Waals surface area contributed by atoms with Gasteiger partial charge in [-0.25, -0.2) is 9.59 Å². The van der Waals surface area contributed by atoms with Crippen LogP contribution in [0.4, 0.5) is 4.79 Å². The van der Waals surface area contributed by atoms with Gasteiger partial charge in [0.2, 0.25) is 0 Å². The van der Waals surface area contributed by atoms with Gasteiger partial charge in [-0.2, -0.15) is 0 Å². The summed E-state index contributed by atoms with van der Waals surface area (Å²) >= 11 is 5.90. The number of halogens is 1. The fourth-order valence-corrected chi connectivity index (χ4v) is 2.60. The molecule has 1 aliphatic rings. The molecule has 1 unspecified atom stereocenters. The van der Waals surface area contributed by atoms with Gasteiger partial charge in [0, 0.05) is 18.0 Å². The zero-order valence-electron chi connectivity index (χ0n) is 11.5. The smallest absolute Gasteiger partial charge is 0.326 e. The lowest BCUT2D eigenvalue weighted by Crippen LogP contribution is -2.46. The van der Waals surface area contributed by atoms with E-state index in [4.69, 9.17) is 16.7 Å². The van der Waals surface area contributed by atoms with Gasteiger partial charge in [-0.05, 0) is 24.6 Å². The number of carboxylic acids is 1. The highest BCUT2D eigenvalue weighted by molar-refractivity contribution is 6.30. The zero-order chi connectivity index (χ0) is 15.6. The fourth-order valence-electron chi connectivity index (χ4n) is 2.40. The van der Waals surface area contributed by atoms with Gasteiger partial charge in [0.25, 0.3) is 0 Å². The maximum absolute atomic E-state index is 12.2. The number of aliphatic hydroxyl groups is 1. The Labute approximate surface area is 127 Å². The second-order valence-corrected chi connectivity index (χ2v) is 5.56. The summed E-state index contributed by atoms with van der Waals surface area (Å²) in [5.41, 5.74) is 0.822. The molecule has 1 aromatic rings. The molecule has 6 nitrogen and oxygen atoms in total. The monoisotopic (exact) mass is 312 g/mol. The summed E-state index contributed by atoms with van der Waals surface area (Å²) in [7, 11) is 0. The molecule has 1 heterocycles. The molecule has 2 rings (SSSR count). The number of hydrogen-bond acceptors (Lipinski definition) is 3. The summed E-state index contributed by atoms with van der Waals surface area (Å²) < 4.78 is 0. The second kappa shape index (κ2) is 6.32. The van der Waals surface area contributed by atoms with Crippen molar-refractivity contribution in [1.82, 2.24) is 10.2 Å². The molecule has 114 valence electrons. The molecule has 2 amide bonds. The Bertz CT molecular complexity index is 552. The SMILES string of the molecule is CC(NC(=O)N1C[C@@H](O)C[C@H]1C(=O)O)c1cccc(Cl)c1. The molecule has 21 heavy (non-hydrogen) atoms. The van der Waals surface area contributed by atoms with Gasteiger partial charge in [0.1, 0.15) is 6.04 Å². The minimum absolute atomic E-state index is 0.0189. The van der Waals surface area contributed by atoms with Crippen LogP contribution in [-0.2, 0) is 4.79 Å². The first-order valence-electron chi connectivity index (χ1n) is 6.62. The Kier molecular flexibility index (Phi) is 4.69. The van der Waals surface area contributed by atoms with Crippen LogP contribution in [0.5, 0.6) is 0 Å². The van der Waals surface area contributed by atoms with E-state index < -0.39 is 24.1 Å². The van der Waals surface area contributed by atoms with E-state index in [-0.39, 0.29) is 19.0 Å². The Hall–Kier alpha value is -1.79. The Balaban J connectivity index is 2.05. The number of likely N-dealkylation sites (tertiary alicyclic amines) is 1. The van der Waals surface area contributed by atoms with Crippen LogP contribution in [-0.4, -0.2) is 45.8 Å². The highest BCUT2D eigenvalue weighted by atomic mass is 35.5. The lowest BCUT2D eigenvalue weighted by atomic mass is 10.1. The van der Waals surface area contributed by atoms with Crippen LogP contribution in [0.15, 0.2) is 24.3 Å². The molecular weight excluding hydrogens is 296 g/mol. The van der Waals surface area contributed by atoms with Crippen molar-refractivity contribution >= 4 is 23.6 Å². The number of amides is 2. The number of hydrogen-bond donors (Lipinski definition) is 3. The first-order valence-corrected chi connectivity index (χ1v) is 6.99. The van der Waals surface area contributed by atoms with E-state index in [1.807, 2.05) is 6.07 Å². The summed E-state index contributed by atoms with van der Waals surface area (Å²) in [6.45, 7) is 1.80. The van der Waals surface area contributed by atoms with Gasteiger partial charge in [0.05, 0.1) is 12.1 Å². The number of rotatable bonds is 3. The minimum Gasteiger partial charge on any atom is -0.480 e. The van der Waals surface area contributed by atoms with Crippen molar-refractivity contribution in [2.75, 3.05) is 6.54 Å². The Morgan fingerprint density at radius 3 is 2.81 bits per heavy atom. The first kappa shape index (κ1) is 15.6. The van der Waals surface area contributed by atoms with Crippen molar-refractivity contribution in [2.24, 2.45) is 0 Å². The Morgan fingerprint density at radius 2 is 2.19 bits per heavy atom. The summed E-state index contributed by atoms with van der Waals surface area (Å²) in [4.78, 5) is 24.4. The van der Waals surface area contributed by atoms with Gasteiger partial charge >= 0.3 is 12.0 Å². The number of carboxylic acid groups (broad SMARTS) is 1. The van der Waals surface area contributed by atoms with Gasteiger partial charge < -0.3 is 20.4 Å². The topological polar surface area (TPSA) is 89.9 Å².